The molecule has 4 N–H and O–H groups in total. The van der Waals surface area contributed by atoms with Crippen molar-refractivity contribution in [3.63, 3.8) is 0 Å². The van der Waals surface area contributed by atoms with Crippen LogP contribution in [-0.2, 0) is 4.79 Å². The lowest BCUT2D eigenvalue weighted by molar-refractivity contribution is -0.139. The van der Waals surface area contributed by atoms with Crippen molar-refractivity contribution in [2.75, 3.05) is 5.73 Å². The molecule has 1 atom stereocenters. The molecule has 0 saturated heterocycles. The first-order valence-electron chi connectivity index (χ1n) is 5.18. The standard InChI is InChI=1S/C9H14N4O4/c1-2-3-4-5(9(15)16)11-8(14)6-7(10)13-17-12-6/h5H,2-4H2,1H3,(H2,10,13)(H,11,14)(H,15,16)/t5-/m0/s1. The van der Waals surface area contributed by atoms with Crippen molar-refractivity contribution in [1.29, 1.82) is 0 Å². The van der Waals surface area contributed by atoms with Gasteiger partial charge in [0.05, 0.1) is 0 Å². The Hall–Kier alpha value is -2.12. The zero-order valence-electron chi connectivity index (χ0n) is 9.34. The maximum absolute atomic E-state index is 11.6. The van der Waals surface area contributed by atoms with Gasteiger partial charge in [-0.25, -0.2) is 9.42 Å². The number of carboxylic acid groups (broad SMARTS) is 1. The van der Waals surface area contributed by atoms with Gasteiger partial charge in [-0.15, -0.1) is 0 Å². The number of hydrogen-bond acceptors (Lipinski definition) is 6. The number of aliphatic carboxylic acids is 1. The van der Waals surface area contributed by atoms with E-state index in [4.69, 9.17) is 10.8 Å². The number of aromatic nitrogens is 2. The van der Waals surface area contributed by atoms with Crippen molar-refractivity contribution in [2.24, 2.45) is 0 Å². The van der Waals surface area contributed by atoms with Gasteiger partial charge in [0.2, 0.25) is 11.5 Å². The lowest BCUT2D eigenvalue weighted by Crippen LogP contribution is -2.41. The number of nitrogens with zero attached hydrogens (tertiary/aromatic N) is 2. The van der Waals surface area contributed by atoms with Crippen LogP contribution in [0.5, 0.6) is 0 Å². The summed E-state index contributed by atoms with van der Waals surface area (Å²) in [6, 6.07) is -0.960. The third-order valence-electron chi connectivity index (χ3n) is 2.18. The molecule has 0 bridgehead atoms. The maximum atomic E-state index is 11.6. The maximum Gasteiger partial charge on any atom is 0.326 e. The van der Waals surface area contributed by atoms with Gasteiger partial charge in [-0.2, -0.15) is 0 Å². The molecule has 0 saturated carbocycles. The molecule has 0 aromatic carbocycles. The first kappa shape index (κ1) is 12.9. The van der Waals surface area contributed by atoms with Gasteiger partial charge in [-0.3, -0.25) is 4.79 Å². The second-order valence-corrected chi connectivity index (χ2v) is 3.50. The molecular formula is C9H14N4O4. The molecule has 1 rings (SSSR count). The predicted molar refractivity (Wildman–Crippen MR) is 57.1 cm³/mol. The van der Waals surface area contributed by atoms with Crippen molar-refractivity contribution in [3.05, 3.63) is 5.69 Å². The summed E-state index contributed by atoms with van der Waals surface area (Å²) in [5.41, 5.74) is 5.12. The minimum Gasteiger partial charge on any atom is -0.480 e. The smallest absolute Gasteiger partial charge is 0.326 e. The normalized spacial score (nSPS) is 12.1. The largest absolute Gasteiger partial charge is 0.480 e. The van der Waals surface area contributed by atoms with Gasteiger partial charge in [0.1, 0.15) is 6.04 Å². The fourth-order valence-corrected chi connectivity index (χ4v) is 1.25. The van der Waals surface area contributed by atoms with Gasteiger partial charge in [-0.1, -0.05) is 19.8 Å². The van der Waals surface area contributed by atoms with Crippen LogP contribution < -0.4 is 11.1 Å². The Morgan fingerprint density at radius 3 is 2.71 bits per heavy atom. The number of nitrogens with two attached hydrogens (primary N) is 1. The summed E-state index contributed by atoms with van der Waals surface area (Å²) >= 11 is 0. The summed E-state index contributed by atoms with van der Waals surface area (Å²) in [6.45, 7) is 1.93. The monoisotopic (exact) mass is 242 g/mol. The molecule has 0 spiro atoms. The van der Waals surface area contributed by atoms with Gasteiger partial charge in [0.25, 0.3) is 5.91 Å². The second-order valence-electron chi connectivity index (χ2n) is 3.50. The van der Waals surface area contributed by atoms with Crippen molar-refractivity contribution >= 4 is 17.7 Å². The Kier molecular flexibility index (Phi) is 4.44. The van der Waals surface area contributed by atoms with Crippen molar-refractivity contribution in [1.82, 2.24) is 15.6 Å². The third kappa shape index (κ3) is 3.44. The molecule has 94 valence electrons. The van der Waals surface area contributed by atoms with Crippen molar-refractivity contribution < 1.29 is 19.3 Å². The third-order valence-corrected chi connectivity index (χ3v) is 2.18. The molecule has 8 nitrogen and oxygen atoms in total. The molecule has 1 amide bonds. The molecule has 0 fully saturated rings. The summed E-state index contributed by atoms with van der Waals surface area (Å²) in [6.07, 6.45) is 1.89. The lowest BCUT2D eigenvalue weighted by Gasteiger charge is -2.12. The number of anilines is 1. The van der Waals surface area contributed by atoms with Crippen molar-refractivity contribution in [2.45, 2.75) is 32.2 Å². The van der Waals surface area contributed by atoms with E-state index >= 15 is 0 Å². The van der Waals surface area contributed by atoms with E-state index in [1.807, 2.05) is 6.92 Å². The number of hydrogen-bond donors (Lipinski definition) is 3. The molecule has 1 aromatic heterocycles. The van der Waals surface area contributed by atoms with Crippen LogP contribution in [0.15, 0.2) is 4.63 Å². The Morgan fingerprint density at radius 2 is 2.24 bits per heavy atom. The van der Waals surface area contributed by atoms with Gasteiger partial charge in [0.15, 0.2) is 0 Å². The first-order chi connectivity index (χ1) is 8.06. The van der Waals surface area contributed by atoms with E-state index in [-0.39, 0.29) is 11.5 Å². The van der Waals surface area contributed by atoms with Crippen molar-refractivity contribution in [3.8, 4) is 0 Å². The Labute approximate surface area is 97.1 Å². The SMILES string of the molecule is CCCC[C@H](NC(=O)c1nonc1N)C(=O)O. The molecule has 0 aliphatic rings. The molecule has 1 aromatic rings. The van der Waals surface area contributed by atoms with E-state index in [1.165, 1.54) is 0 Å². The van der Waals surface area contributed by atoms with Crippen LogP contribution in [0.3, 0.4) is 0 Å². The number of rotatable bonds is 6. The van der Waals surface area contributed by atoms with E-state index in [0.29, 0.717) is 12.8 Å². The number of carbonyl (C=O) groups excluding carboxylic acids is 1. The highest BCUT2D eigenvalue weighted by Gasteiger charge is 2.23. The quantitative estimate of drug-likeness (QED) is 0.640. The molecular weight excluding hydrogens is 228 g/mol. The van der Waals surface area contributed by atoms with Gasteiger partial charge < -0.3 is 16.2 Å². The van der Waals surface area contributed by atoms with E-state index in [0.717, 1.165) is 6.42 Å². The van der Waals surface area contributed by atoms with Gasteiger partial charge in [-0.05, 0) is 16.7 Å². The Bertz CT molecular complexity index is 403. The molecule has 1 heterocycles. The average Bonchev–Trinajstić information content (AvgIpc) is 2.70. The van der Waals surface area contributed by atoms with Crippen LogP contribution in [0.4, 0.5) is 5.82 Å². The van der Waals surface area contributed by atoms with Crippen LogP contribution in [0, 0.1) is 0 Å². The number of unbranched alkanes of at least 4 members (excludes halogenated alkanes) is 1. The molecule has 0 radical (unpaired) electrons. The summed E-state index contributed by atoms with van der Waals surface area (Å²) in [4.78, 5) is 22.5. The number of nitrogens with one attached hydrogen (secondary N) is 1. The summed E-state index contributed by atoms with van der Waals surface area (Å²) in [7, 11) is 0. The van der Waals surface area contributed by atoms with Gasteiger partial charge >= 0.3 is 5.97 Å². The molecule has 8 heteroatoms. The highest BCUT2D eigenvalue weighted by atomic mass is 16.6. The molecule has 17 heavy (non-hydrogen) atoms. The van der Waals surface area contributed by atoms with Crippen LogP contribution in [-0.4, -0.2) is 33.3 Å². The fourth-order valence-electron chi connectivity index (χ4n) is 1.25. The second kappa shape index (κ2) is 5.83. The van der Waals surface area contributed by atoms with Crippen LogP contribution in [0.2, 0.25) is 0 Å². The molecule has 0 unspecified atom stereocenters. The van der Waals surface area contributed by atoms with Crippen LogP contribution >= 0.6 is 0 Å². The topological polar surface area (TPSA) is 131 Å². The zero-order valence-corrected chi connectivity index (χ0v) is 9.34. The fraction of sp³-hybridized carbons (Fsp3) is 0.556. The van der Waals surface area contributed by atoms with Crippen LogP contribution in [0.1, 0.15) is 36.7 Å². The number of carboxylic acids is 1. The highest BCUT2D eigenvalue weighted by molar-refractivity contribution is 5.98. The minimum absolute atomic E-state index is 0.165. The summed E-state index contributed by atoms with van der Waals surface area (Å²) in [5, 5.41) is 17.8. The summed E-state index contributed by atoms with van der Waals surface area (Å²) in [5.74, 6) is -1.96. The first-order valence-corrected chi connectivity index (χ1v) is 5.18. The van der Waals surface area contributed by atoms with E-state index in [1.54, 1.807) is 0 Å². The number of carbonyl (C=O) groups is 2. The zero-order chi connectivity index (χ0) is 12.8. The van der Waals surface area contributed by atoms with E-state index < -0.39 is 17.9 Å². The number of amides is 1. The average molecular weight is 242 g/mol. The van der Waals surface area contributed by atoms with Gasteiger partial charge in [0, 0.05) is 0 Å². The minimum atomic E-state index is -1.10. The van der Waals surface area contributed by atoms with Crippen LogP contribution in [0.25, 0.3) is 0 Å². The Morgan fingerprint density at radius 1 is 1.53 bits per heavy atom. The Balaban J connectivity index is 2.64. The lowest BCUT2D eigenvalue weighted by atomic mass is 10.1. The summed E-state index contributed by atoms with van der Waals surface area (Å²) < 4.78 is 4.26. The van der Waals surface area contributed by atoms with E-state index in [9.17, 15) is 9.59 Å². The molecule has 0 aliphatic heterocycles. The highest BCUT2D eigenvalue weighted by Crippen LogP contribution is 2.06. The number of nitrogen functional groups attached to an aromatic ring is 1. The van der Waals surface area contributed by atoms with E-state index in [2.05, 4.69) is 20.3 Å². The molecule has 0 aliphatic carbocycles. The predicted octanol–water partition coefficient (Wildman–Crippen LogP) is 0.0250.